The van der Waals surface area contributed by atoms with Crippen LogP contribution in [0.1, 0.15) is 21.6 Å². The van der Waals surface area contributed by atoms with Crippen LogP contribution in [0.5, 0.6) is 0 Å². The number of para-hydroxylation sites is 1. The van der Waals surface area contributed by atoms with Gasteiger partial charge in [-0.3, -0.25) is 4.79 Å². The van der Waals surface area contributed by atoms with Crippen molar-refractivity contribution in [1.82, 2.24) is 4.98 Å². The van der Waals surface area contributed by atoms with Crippen LogP contribution in [0.15, 0.2) is 36.5 Å². The number of anilines is 1. The van der Waals surface area contributed by atoms with Crippen LogP contribution >= 0.6 is 0 Å². The molecule has 0 aliphatic heterocycles. The van der Waals surface area contributed by atoms with E-state index in [9.17, 15) is 4.79 Å². The number of carbonyl (C=O) groups excluding carboxylic acids is 1. The first kappa shape index (κ1) is 10.5. The SMILES string of the molecule is Cc1c[nH]c(C(=O)Nc2ccccc2C)c1. The van der Waals surface area contributed by atoms with Crippen LogP contribution in [0.2, 0.25) is 0 Å². The molecule has 0 fully saturated rings. The van der Waals surface area contributed by atoms with Crippen LogP contribution in [0.25, 0.3) is 0 Å². The third kappa shape index (κ3) is 2.14. The Kier molecular flexibility index (Phi) is 2.77. The minimum absolute atomic E-state index is 0.109. The molecule has 0 radical (unpaired) electrons. The number of hydrogen-bond acceptors (Lipinski definition) is 1. The lowest BCUT2D eigenvalue weighted by Gasteiger charge is -2.06. The van der Waals surface area contributed by atoms with Crippen molar-refractivity contribution in [2.24, 2.45) is 0 Å². The van der Waals surface area contributed by atoms with Crippen LogP contribution in [-0.4, -0.2) is 10.9 Å². The van der Waals surface area contributed by atoms with E-state index in [1.165, 1.54) is 0 Å². The Balaban J connectivity index is 2.17. The summed E-state index contributed by atoms with van der Waals surface area (Å²) in [4.78, 5) is 14.8. The molecule has 0 aliphatic rings. The van der Waals surface area contributed by atoms with E-state index in [1.807, 2.05) is 50.4 Å². The zero-order valence-electron chi connectivity index (χ0n) is 9.37. The third-order valence-corrected chi connectivity index (χ3v) is 2.47. The highest BCUT2D eigenvalue weighted by atomic mass is 16.1. The van der Waals surface area contributed by atoms with Crippen LogP contribution in [-0.2, 0) is 0 Å². The van der Waals surface area contributed by atoms with Crippen molar-refractivity contribution in [2.75, 3.05) is 5.32 Å². The molecule has 82 valence electrons. The van der Waals surface area contributed by atoms with Crippen LogP contribution in [0.4, 0.5) is 5.69 Å². The molecule has 3 heteroatoms. The van der Waals surface area contributed by atoms with E-state index in [4.69, 9.17) is 0 Å². The molecule has 0 saturated heterocycles. The molecule has 0 saturated carbocycles. The lowest BCUT2D eigenvalue weighted by molar-refractivity contribution is 0.102. The van der Waals surface area contributed by atoms with Gasteiger partial charge in [-0.1, -0.05) is 18.2 Å². The summed E-state index contributed by atoms with van der Waals surface area (Å²) < 4.78 is 0. The van der Waals surface area contributed by atoms with Crippen molar-refractivity contribution in [2.45, 2.75) is 13.8 Å². The normalized spacial score (nSPS) is 10.1. The molecule has 0 atom stereocenters. The average Bonchev–Trinajstić information content (AvgIpc) is 2.68. The van der Waals surface area contributed by atoms with E-state index in [0.717, 1.165) is 16.8 Å². The molecule has 1 amide bonds. The molecular weight excluding hydrogens is 200 g/mol. The first-order valence-corrected chi connectivity index (χ1v) is 5.19. The van der Waals surface area contributed by atoms with Gasteiger partial charge >= 0.3 is 0 Å². The summed E-state index contributed by atoms with van der Waals surface area (Å²) in [6.07, 6.45) is 1.81. The van der Waals surface area contributed by atoms with Gasteiger partial charge in [-0.2, -0.15) is 0 Å². The van der Waals surface area contributed by atoms with Gasteiger partial charge in [0.25, 0.3) is 5.91 Å². The zero-order chi connectivity index (χ0) is 11.5. The maximum atomic E-state index is 11.8. The number of aromatic amines is 1. The second kappa shape index (κ2) is 4.23. The van der Waals surface area contributed by atoms with Crippen LogP contribution in [0, 0.1) is 13.8 Å². The summed E-state index contributed by atoms with van der Waals surface area (Å²) in [6.45, 7) is 3.91. The lowest BCUT2D eigenvalue weighted by Crippen LogP contribution is -2.12. The van der Waals surface area contributed by atoms with E-state index in [0.29, 0.717) is 5.69 Å². The summed E-state index contributed by atoms with van der Waals surface area (Å²) in [5, 5.41) is 2.87. The summed E-state index contributed by atoms with van der Waals surface area (Å²) in [7, 11) is 0. The molecule has 3 nitrogen and oxygen atoms in total. The van der Waals surface area contributed by atoms with Crippen molar-refractivity contribution in [3.63, 3.8) is 0 Å². The van der Waals surface area contributed by atoms with Crippen LogP contribution in [0.3, 0.4) is 0 Å². The molecule has 1 aromatic carbocycles. The van der Waals surface area contributed by atoms with Gasteiger partial charge in [-0.15, -0.1) is 0 Å². The van der Waals surface area contributed by atoms with Crippen LogP contribution < -0.4 is 5.32 Å². The highest BCUT2D eigenvalue weighted by Crippen LogP contribution is 2.14. The number of hydrogen-bond donors (Lipinski definition) is 2. The number of carbonyl (C=O) groups is 1. The first-order chi connectivity index (χ1) is 7.66. The van der Waals surface area contributed by atoms with Gasteiger partial charge in [0.1, 0.15) is 5.69 Å². The predicted octanol–water partition coefficient (Wildman–Crippen LogP) is 2.88. The fraction of sp³-hybridized carbons (Fsp3) is 0.154. The Labute approximate surface area is 94.5 Å². The van der Waals surface area contributed by atoms with E-state index in [-0.39, 0.29) is 5.91 Å². The van der Waals surface area contributed by atoms with E-state index in [1.54, 1.807) is 0 Å². The highest BCUT2D eigenvalue weighted by Gasteiger charge is 2.08. The van der Waals surface area contributed by atoms with Gasteiger partial charge in [-0.25, -0.2) is 0 Å². The number of nitrogens with one attached hydrogen (secondary N) is 2. The minimum Gasteiger partial charge on any atom is -0.357 e. The summed E-state index contributed by atoms with van der Waals surface area (Å²) >= 11 is 0. The van der Waals surface area contributed by atoms with Gasteiger partial charge in [0.15, 0.2) is 0 Å². The second-order valence-corrected chi connectivity index (χ2v) is 3.86. The smallest absolute Gasteiger partial charge is 0.272 e. The van der Waals surface area contributed by atoms with E-state index < -0.39 is 0 Å². The maximum absolute atomic E-state index is 11.8. The lowest BCUT2D eigenvalue weighted by atomic mass is 10.2. The average molecular weight is 214 g/mol. The molecule has 2 aromatic rings. The van der Waals surface area contributed by atoms with Crippen molar-refractivity contribution >= 4 is 11.6 Å². The van der Waals surface area contributed by atoms with E-state index >= 15 is 0 Å². The Morgan fingerprint density at radius 2 is 2.00 bits per heavy atom. The Bertz CT molecular complexity index is 514. The number of benzene rings is 1. The topological polar surface area (TPSA) is 44.9 Å². The van der Waals surface area contributed by atoms with Gasteiger partial charge in [-0.05, 0) is 37.1 Å². The molecule has 16 heavy (non-hydrogen) atoms. The minimum atomic E-state index is -0.109. The fourth-order valence-corrected chi connectivity index (χ4v) is 1.54. The van der Waals surface area contributed by atoms with Crippen molar-refractivity contribution < 1.29 is 4.79 Å². The number of rotatable bonds is 2. The maximum Gasteiger partial charge on any atom is 0.272 e. The molecule has 0 aliphatic carbocycles. The Morgan fingerprint density at radius 3 is 2.62 bits per heavy atom. The number of aryl methyl sites for hydroxylation is 2. The molecule has 1 heterocycles. The molecule has 0 bridgehead atoms. The zero-order valence-corrected chi connectivity index (χ0v) is 9.37. The highest BCUT2D eigenvalue weighted by molar-refractivity contribution is 6.03. The van der Waals surface area contributed by atoms with Crippen molar-refractivity contribution in [3.8, 4) is 0 Å². The van der Waals surface area contributed by atoms with Gasteiger partial charge in [0, 0.05) is 11.9 Å². The van der Waals surface area contributed by atoms with Crippen molar-refractivity contribution in [3.05, 3.63) is 53.3 Å². The number of aromatic nitrogens is 1. The third-order valence-electron chi connectivity index (χ3n) is 2.47. The number of H-pyrrole nitrogens is 1. The molecular formula is C13H14N2O. The molecule has 0 spiro atoms. The summed E-state index contributed by atoms with van der Waals surface area (Å²) in [5.41, 5.74) is 3.54. The Morgan fingerprint density at radius 1 is 1.25 bits per heavy atom. The fourth-order valence-electron chi connectivity index (χ4n) is 1.54. The van der Waals surface area contributed by atoms with Crippen molar-refractivity contribution in [1.29, 1.82) is 0 Å². The quantitative estimate of drug-likeness (QED) is 0.793. The van der Waals surface area contributed by atoms with Gasteiger partial charge < -0.3 is 10.3 Å². The summed E-state index contributed by atoms with van der Waals surface area (Å²) in [5.74, 6) is -0.109. The standard InChI is InChI=1S/C13H14N2O/c1-9-7-12(14-8-9)13(16)15-11-6-4-3-5-10(11)2/h3-8,14H,1-2H3,(H,15,16). The van der Waals surface area contributed by atoms with Gasteiger partial charge in [0.05, 0.1) is 0 Å². The Hall–Kier alpha value is -2.03. The first-order valence-electron chi connectivity index (χ1n) is 5.19. The molecule has 1 aromatic heterocycles. The van der Waals surface area contributed by atoms with Gasteiger partial charge in [0.2, 0.25) is 0 Å². The molecule has 2 N–H and O–H groups in total. The second-order valence-electron chi connectivity index (χ2n) is 3.86. The summed E-state index contributed by atoms with van der Waals surface area (Å²) in [6, 6.07) is 9.54. The molecule has 2 rings (SSSR count). The number of amides is 1. The molecule has 0 unspecified atom stereocenters. The van der Waals surface area contributed by atoms with E-state index in [2.05, 4.69) is 10.3 Å². The predicted molar refractivity (Wildman–Crippen MR) is 64.7 cm³/mol. The largest absolute Gasteiger partial charge is 0.357 e. The monoisotopic (exact) mass is 214 g/mol.